The first-order chi connectivity index (χ1) is 7.50. The molecule has 1 N–H and O–H groups in total. The number of hydrogen-bond acceptors (Lipinski definition) is 4. The summed E-state index contributed by atoms with van der Waals surface area (Å²) in [6.45, 7) is 6.26. The summed E-state index contributed by atoms with van der Waals surface area (Å²) in [5.74, 6) is 0.860. The number of aliphatic hydroxyl groups excluding tert-OH is 1. The first-order valence-electron chi connectivity index (χ1n) is 5.96. The molecular weight excluding hydrogens is 204 g/mol. The molecule has 0 aliphatic heterocycles. The Morgan fingerprint density at radius 2 is 1.94 bits per heavy atom. The third-order valence-electron chi connectivity index (χ3n) is 3.17. The Morgan fingerprint density at radius 1 is 1.25 bits per heavy atom. The van der Waals surface area contributed by atoms with Gasteiger partial charge in [-0.1, -0.05) is 33.6 Å². The van der Waals surface area contributed by atoms with Gasteiger partial charge in [-0.25, -0.2) is 4.68 Å². The maximum Gasteiger partial charge on any atom is 0.157 e. The molecule has 0 unspecified atom stereocenters. The van der Waals surface area contributed by atoms with Gasteiger partial charge in [0.1, 0.15) is 0 Å². The van der Waals surface area contributed by atoms with E-state index in [2.05, 4.69) is 36.3 Å². The molecule has 2 atom stereocenters. The van der Waals surface area contributed by atoms with Crippen molar-refractivity contribution in [2.45, 2.75) is 64.0 Å². The van der Waals surface area contributed by atoms with Crippen molar-refractivity contribution in [2.75, 3.05) is 0 Å². The standard InChI is InChI=1S/C11H20N4O/c1-11(2,3)10-12-13-14-15(10)8-6-4-5-7-9(8)16/h8-9,16H,4-7H2,1-3H3/t8-,9+/m1/s1. The van der Waals surface area contributed by atoms with E-state index in [0.717, 1.165) is 31.5 Å². The molecule has 5 heteroatoms. The van der Waals surface area contributed by atoms with E-state index in [-0.39, 0.29) is 17.6 Å². The van der Waals surface area contributed by atoms with Gasteiger partial charge in [-0.05, 0) is 23.3 Å². The van der Waals surface area contributed by atoms with E-state index >= 15 is 0 Å². The minimum Gasteiger partial charge on any atom is -0.391 e. The van der Waals surface area contributed by atoms with Gasteiger partial charge >= 0.3 is 0 Å². The van der Waals surface area contributed by atoms with E-state index in [1.807, 2.05) is 4.68 Å². The van der Waals surface area contributed by atoms with Crippen LogP contribution in [-0.2, 0) is 5.41 Å². The monoisotopic (exact) mass is 224 g/mol. The maximum absolute atomic E-state index is 10.0. The van der Waals surface area contributed by atoms with Crippen LogP contribution in [0.15, 0.2) is 0 Å². The molecule has 1 saturated carbocycles. The second-order valence-corrected chi connectivity index (χ2v) is 5.62. The molecule has 1 aromatic heterocycles. The Kier molecular flexibility index (Phi) is 2.97. The SMILES string of the molecule is CC(C)(C)c1nnnn1[C@@H]1CCCC[C@@H]1O. The van der Waals surface area contributed by atoms with Crippen molar-refractivity contribution < 1.29 is 5.11 Å². The van der Waals surface area contributed by atoms with E-state index in [4.69, 9.17) is 0 Å². The number of hydrogen-bond donors (Lipinski definition) is 1. The molecule has 1 aromatic rings. The zero-order valence-corrected chi connectivity index (χ0v) is 10.2. The quantitative estimate of drug-likeness (QED) is 0.784. The van der Waals surface area contributed by atoms with Crippen LogP contribution in [0.4, 0.5) is 0 Å². The van der Waals surface area contributed by atoms with E-state index in [1.54, 1.807) is 0 Å². The van der Waals surface area contributed by atoms with Crippen LogP contribution < -0.4 is 0 Å². The lowest BCUT2D eigenvalue weighted by atomic mass is 9.90. The summed E-state index contributed by atoms with van der Waals surface area (Å²) in [6.07, 6.45) is 3.76. The van der Waals surface area contributed by atoms with Crippen molar-refractivity contribution in [1.82, 2.24) is 20.2 Å². The molecular formula is C11H20N4O. The molecule has 5 nitrogen and oxygen atoms in total. The van der Waals surface area contributed by atoms with Crippen LogP contribution in [0.25, 0.3) is 0 Å². The number of aromatic nitrogens is 4. The van der Waals surface area contributed by atoms with Gasteiger partial charge in [0, 0.05) is 5.41 Å². The van der Waals surface area contributed by atoms with Gasteiger partial charge in [0.25, 0.3) is 0 Å². The summed E-state index contributed by atoms with van der Waals surface area (Å²) < 4.78 is 1.82. The van der Waals surface area contributed by atoms with Crippen LogP contribution in [0.5, 0.6) is 0 Å². The molecule has 16 heavy (non-hydrogen) atoms. The summed E-state index contributed by atoms with van der Waals surface area (Å²) in [4.78, 5) is 0. The van der Waals surface area contributed by atoms with Crippen LogP contribution >= 0.6 is 0 Å². The van der Waals surface area contributed by atoms with E-state index in [1.165, 1.54) is 0 Å². The number of nitrogens with zero attached hydrogens (tertiary/aromatic N) is 4. The summed E-state index contributed by atoms with van der Waals surface area (Å²) in [6, 6.07) is 0.0537. The molecule has 1 aliphatic rings. The largest absolute Gasteiger partial charge is 0.391 e. The van der Waals surface area contributed by atoms with Crippen molar-refractivity contribution in [2.24, 2.45) is 0 Å². The normalized spacial score (nSPS) is 27.0. The smallest absolute Gasteiger partial charge is 0.157 e. The molecule has 0 saturated heterocycles. The molecule has 1 heterocycles. The van der Waals surface area contributed by atoms with Gasteiger partial charge in [-0.3, -0.25) is 0 Å². The second-order valence-electron chi connectivity index (χ2n) is 5.62. The van der Waals surface area contributed by atoms with E-state index in [0.29, 0.717) is 0 Å². The van der Waals surface area contributed by atoms with E-state index < -0.39 is 0 Å². The molecule has 1 aliphatic carbocycles. The fourth-order valence-electron chi connectivity index (χ4n) is 2.29. The number of aliphatic hydroxyl groups is 1. The molecule has 0 spiro atoms. The predicted octanol–water partition coefficient (Wildman–Crippen LogP) is 1.45. The lowest BCUT2D eigenvalue weighted by Gasteiger charge is -2.30. The molecule has 0 amide bonds. The predicted molar refractivity (Wildman–Crippen MR) is 60.0 cm³/mol. The first kappa shape index (κ1) is 11.5. The van der Waals surface area contributed by atoms with Gasteiger partial charge in [0.15, 0.2) is 5.82 Å². The lowest BCUT2D eigenvalue weighted by Crippen LogP contribution is -2.32. The Labute approximate surface area is 95.9 Å². The zero-order valence-electron chi connectivity index (χ0n) is 10.2. The van der Waals surface area contributed by atoms with Gasteiger partial charge in [-0.2, -0.15) is 0 Å². The highest BCUT2D eigenvalue weighted by Gasteiger charge is 2.31. The first-order valence-corrected chi connectivity index (χ1v) is 5.96. The van der Waals surface area contributed by atoms with Gasteiger partial charge in [0.2, 0.25) is 0 Å². The number of rotatable bonds is 1. The Morgan fingerprint density at radius 3 is 2.56 bits per heavy atom. The van der Waals surface area contributed by atoms with Crippen molar-refractivity contribution in [3.8, 4) is 0 Å². The molecule has 0 bridgehead atoms. The maximum atomic E-state index is 10.0. The Bertz CT molecular complexity index is 355. The van der Waals surface area contributed by atoms with Crippen LogP contribution in [0.2, 0.25) is 0 Å². The fraction of sp³-hybridized carbons (Fsp3) is 0.909. The average molecular weight is 224 g/mol. The van der Waals surface area contributed by atoms with Crippen molar-refractivity contribution in [3.05, 3.63) is 5.82 Å². The summed E-state index contributed by atoms with van der Waals surface area (Å²) >= 11 is 0. The van der Waals surface area contributed by atoms with Gasteiger partial charge < -0.3 is 5.11 Å². The molecule has 90 valence electrons. The molecule has 2 rings (SSSR count). The molecule has 0 radical (unpaired) electrons. The average Bonchev–Trinajstić information content (AvgIpc) is 2.66. The van der Waals surface area contributed by atoms with Gasteiger partial charge in [-0.15, -0.1) is 5.10 Å². The molecule has 0 aromatic carbocycles. The fourth-order valence-corrected chi connectivity index (χ4v) is 2.29. The van der Waals surface area contributed by atoms with Crippen molar-refractivity contribution in [1.29, 1.82) is 0 Å². The minimum absolute atomic E-state index is 0.0537. The van der Waals surface area contributed by atoms with Crippen LogP contribution in [0.3, 0.4) is 0 Å². The van der Waals surface area contributed by atoms with E-state index in [9.17, 15) is 5.11 Å². The Balaban J connectivity index is 2.29. The van der Waals surface area contributed by atoms with Gasteiger partial charge in [0.05, 0.1) is 12.1 Å². The third kappa shape index (κ3) is 2.09. The van der Waals surface area contributed by atoms with Crippen molar-refractivity contribution >= 4 is 0 Å². The van der Waals surface area contributed by atoms with Crippen LogP contribution in [0.1, 0.15) is 58.3 Å². The van der Waals surface area contributed by atoms with Crippen LogP contribution in [-0.4, -0.2) is 31.4 Å². The highest BCUT2D eigenvalue weighted by molar-refractivity contribution is 5.01. The van der Waals surface area contributed by atoms with Crippen molar-refractivity contribution in [3.63, 3.8) is 0 Å². The second kappa shape index (κ2) is 4.13. The number of tetrazole rings is 1. The lowest BCUT2D eigenvalue weighted by molar-refractivity contribution is 0.0654. The minimum atomic E-state index is -0.307. The summed E-state index contributed by atoms with van der Waals surface area (Å²) in [5, 5.41) is 21.9. The highest BCUT2D eigenvalue weighted by atomic mass is 16.3. The van der Waals surface area contributed by atoms with Crippen LogP contribution in [0, 0.1) is 0 Å². The Hall–Kier alpha value is -0.970. The topological polar surface area (TPSA) is 63.8 Å². The molecule has 1 fully saturated rings. The summed E-state index contributed by atoms with van der Waals surface area (Å²) in [7, 11) is 0. The third-order valence-corrected chi connectivity index (χ3v) is 3.17. The highest BCUT2D eigenvalue weighted by Crippen LogP contribution is 2.31. The summed E-state index contributed by atoms with van der Waals surface area (Å²) in [5.41, 5.74) is -0.0827. The zero-order chi connectivity index (χ0) is 11.8.